The molecule has 0 bridgehead atoms. The zero-order valence-electron chi connectivity index (χ0n) is 11.4. The highest BCUT2D eigenvalue weighted by atomic mass is 31.7. The number of hydrogen-bond acceptors (Lipinski definition) is 0. The van der Waals surface area contributed by atoms with E-state index >= 15 is 0 Å². The minimum atomic E-state index is 1.22. The fourth-order valence-corrected chi connectivity index (χ4v) is 4.21. The Morgan fingerprint density at radius 2 is 1.47 bits per heavy atom. The second-order valence-electron chi connectivity index (χ2n) is 4.90. The molecule has 1 aliphatic heterocycles. The van der Waals surface area contributed by atoms with Crippen LogP contribution in [0.4, 0.5) is 0 Å². The van der Waals surface area contributed by atoms with E-state index in [0.29, 0.717) is 0 Å². The van der Waals surface area contributed by atoms with E-state index in [2.05, 4.69) is 18.9 Å². The molecule has 1 aliphatic rings. The van der Waals surface area contributed by atoms with Crippen LogP contribution >= 0.6 is 15.9 Å². The molecule has 1 nitrogen and oxygen atoms in total. The molecule has 0 aromatic rings. The first-order chi connectivity index (χ1) is 8.34. The molecule has 0 aliphatic carbocycles. The lowest BCUT2D eigenvalue weighted by atomic mass is 10.1. The maximum atomic E-state index is 4.52. The van der Waals surface area contributed by atoms with Crippen LogP contribution < -0.4 is 5.09 Å². The minimum Gasteiger partial charge on any atom is -0.227 e. The molecule has 0 N–H and O–H groups in total. The predicted octanol–water partition coefficient (Wildman–Crippen LogP) is 6.48. The Morgan fingerprint density at radius 3 is 2.00 bits per heavy atom. The first-order valence-corrected chi connectivity index (χ1v) is 9.61. The third kappa shape index (κ3) is 7.22. The van der Waals surface area contributed by atoms with Gasteiger partial charge in [-0.1, -0.05) is 58.3 Å². The largest absolute Gasteiger partial charge is 0.227 e. The topological polar surface area (TPSA) is 14.1 Å². The normalized spacial score (nSPS) is 16.4. The van der Waals surface area contributed by atoms with Crippen LogP contribution in [0.3, 0.4) is 0 Å². The van der Waals surface area contributed by atoms with Crippen molar-refractivity contribution in [3.05, 3.63) is 11.0 Å². The standard InChI is InChI=1S/C14H26NP2/c1-3-4-5-6-7-8-9-10-11-12-14-13(2)16-17-15-14/h3-12H2,1-2H3. The first-order valence-electron chi connectivity index (χ1n) is 7.16. The number of allylic oxidation sites excluding steroid dienone is 2. The van der Waals surface area contributed by atoms with Gasteiger partial charge >= 0.3 is 0 Å². The zero-order chi connectivity index (χ0) is 12.3. The van der Waals surface area contributed by atoms with E-state index in [0.717, 1.165) is 0 Å². The molecular weight excluding hydrogens is 244 g/mol. The maximum absolute atomic E-state index is 4.52. The Hall–Kier alpha value is 0.140. The van der Waals surface area contributed by atoms with Crippen LogP contribution in [0.5, 0.6) is 0 Å². The first kappa shape index (κ1) is 15.2. The van der Waals surface area contributed by atoms with Gasteiger partial charge in [-0.05, 0) is 27.6 Å². The van der Waals surface area contributed by atoms with Gasteiger partial charge in [0.15, 0.2) is 0 Å². The predicted molar refractivity (Wildman–Crippen MR) is 80.5 cm³/mol. The average molecular weight is 270 g/mol. The molecule has 1 rings (SSSR count). The van der Waals surface area contributed by atoms with Gasteiger partial charge in [0.2, 0.25) is 0 Å². The molecule has 0 aromatic carbocycles. The Balaban J connectivity index is 1.83. The number of rotatable bonds is 10. The molecule has 17 heavy (non-hydrogen) atoms. The minimum absolute atomic E-state index is 1.22. The quantitative estimate of drug-likeness (QED) is 0.318. The van der Waals surface area contributed by atoms with E-state index in [1.165, 1.54) is 91.1 Å². The van der Waals surface area contributed by atoms with Crippen molar-refractivity contribution >= 4 is 15.9 Å². The van der Waals surface area contributed by atoms with E-state index in [1.807, 2.05) is 0 Å². The van der Waals surface area contributed by atoms with Crippen LogP contribution in [-0.4, -0.2) is 0 Å². The molecule has 0 saturated heterocycles. The summed E-state index contributed by atoms with van der Waals surface area (Å²) in [5, 5.41) is 6.03. The summed E-state index contributed by atoms with van der Waals surface area (Å²) in [4.78, 5) is 0. The summed E-state index contributed by atoms with van der Waals surface area (Å²) >= 11 is 0. The van der Waals surface area contributed by atoms with Crippen molar-refractivity contribution < 1.29 is 0 Å². The molecule has 0 saturated carbocycles. The van der Waals surface area contributed by atoms with E-state index in [9.17, 15) is 0 Å². The number of hydrogen-bond donors (Lipinski definition) is 0. The molecule has 97 valence electrons. The van der Waals surface area contributed by atoms with Crippen molar-refractivity contribution in [2.45, 2.75) is 78.1 Å². The summed E-state index contributed by atoms with van der Waals surface area (Å²) in [6, 6.07) is 0. The molecule has 1 heterocycles. The number of unbranched alkanes of at least 4 members (excludes halogenated alkanes) is 8. The van der Waals surface area contributed by atoms with Gasteiger partial charge in [0.25, 0.3) is 0 Å². The lowest BCUT2D eigenvalue weighted by Gasteiger charge is -2.03. The SMILES string of the molecule is CCCCCCCCCCCC1=C(C)P=P[N]1. The third-order valence-electron chi connectivity index (χ3n) is 3.29. The molecule has 1 radical (unpaired) electrons. The van der Waals surface area contributed by atoms with Crippen molar-refractivity contribution in [1.82, 2.24) is 5.09 Å². The monoisotopic (exact) mass is 270 g/mol. The maximum Gasteiger partial charge on any atom is 0.0699 e. The van der Waals surface area contributed by atoms with Gasteiger partial charge in [-0.25, -0.2) is 5.09 Å². The summed E-state index contributed by atoms with van der Waals surface area (Å²) in [7, 11) is 2.66. The van der Waals surface area contributed by atoms with E-state index < -0.39 is 0 Å². The van der Waals surface area contributed by atoms with Gasteiger partial charge in [-0.2, -0.15) is 0 Å². The summed E-state index contributed by atoms with van der Waals surface area (Å²) in [5.41, 5.74) is 1.40. The van der Waals surface area contributed by atoms with Crippen molar-refractivity contribution in [1.29, 1.82) is 0 Å². The molecule has 0 amide bonds. The van der Waals surface area contributed by atoms with Crippen molar-refractivity contribution in [3.63, 3.8) is 0 Å². The number of nitrogens with zero attached hydrogens (tertiary/aromatic N) is 1. The smallest absolute Gasteiger partial charge is 0.0699 e. The van der Waals surface area contributed by atoms with Gasteiger partial charge in [-0.3, -0.25) is 0 Å². The fraction of sp³-hybridized carbons (Fsp3) is 0.857. The third-order valence-corrected chi connectivity index (χ3v) is 5.71. The molecule has 0 spiro atoms. The van der Waals surface area contributed by atoms with Crippen molar-refractivity contribution in [3.8, 4) is 0 Å². The van der Waals surface area contributed by atoms with Gasteiger partial charge in [0.05, 0.1) is 13.7 Å². The van der Waals surface area contributed by atoms with Crippen molar-refractivity contribution in [2.24, 2.45) is 0 Å². The second kappa shape index (κ2) is 10.1. The summed E-state index contributed by atoms with van der Waals surface area (Å²) < 4.78 is 0. The molecule has 0 unspecified atom stereocenters. The highest BCUT2D eigenvalue weighted by molar-refractivity contribution is 7.85. The van der Waals surface area contributed by atoms with Crippen LogP contribution in [0, 0.1) is 0 Å². The highest BCUT2D eigenvalue weighted by Crippen LogP contribution is 2.36. The lowest BCUT2D eigenvalue weighted by Crippen LogP contribution is -1.91. The summed E-state index contributed by atoms with van der Waals surface area (Å²) in [6.45, 7) is 4.51. The van der Waals surface area contributed by atoms with Crippen molar-refractivity contribution in [2.75, 3.05) is 0 Å². The molecule has 0 atom stereocenters. The van der Waals surface area contributed by atoms with E-state index in [-0.39, 0.29) is 0 Å². The van der Waals surface area contributed by atoms with Crippen LogP contribution in [-0.2, 0) is 0 Å². The molecule has 0 fully saturated rings. The second-order valence-corrected chi connectivity index (χ2v) is 7.29. The summed E-state index contributed by atoms with van der Waals surface area (Å²) in [6.07, 6.45) is 14.0. The summed E-state index contributed by atoms with van der Waals surface area (Å²) in [5.74, 6) is 0. The van der Waals surface area contributed by atoms with Crippen LogP contribution in [0.25, 0.3) is 0 Å². The average Bonchev–Trinajstić information content (AvgIpc) is 2.73. The lowest BCUT2D eigenvalue weighted by molar-refractivity contribution is 0.563. The molecular formula is C14H26NP2. The molecule has 0 aromatic heterocycles. The fourth-order valence-electron chi connectivity index (χ4n) is 2.11. The van der Waals surface area contributed by atoms with Gasteiger partial charge in [-0.15, -0.1) is 0 Å². The van der Waals surface area contributed by atoms with Crippen LogP contribution in [0.2, 0.25) is 0 Å². The Kier molecular flexibility index (Phi) is 9.03. The van der Waals surface area contributed by atoms with Crippen LogP contribution in [0.1, 0.15) is 78.1 Å². The van der Waals surface area contributed by atoms with Gasteiger partial charge < -0.3 is 0 Å². The highest BCUT2D eigenvalue weighted by Gasteiger charge is 2.06. The zero-order valence-corrected chi connectivity index (χ0v) is 13.2. The van der Waals surface area contributed by atoms with Crippen LogP contribution in [0.15, 0.2) is 11.0 Å². The van der Waals surface area contributed by atoms with E-state index in [1.54, 1.807) is 0 Å². The molecule has 3 heteroatoms. The van der Waals surface area contributed by atoms with Gasteiger partial charge in [0, 0.05) is 5.31 Å². The van der Waals surface area contributed by atoms with E-state index in [4.69, 9.17) is 0 Å². The Bertz CT molecular complexity index is 259. The Labute approximate surface area is 110 Å². The van der Waals surface area contributed by atoms with Gasteiger partial charge in [0.1, 0.15) is 0 Å². The Morgan fingerprint density at radius 1 is 0.882 bits per heavy atom.